The monoisotopic (exact) mass is 406 g/mol. The molecule has 0 unspecified atom stereocenters. The molecule has 0 atom stereocenters. The van der Waals surface area contributed by atoms with Crippen LogP contribution >= 0.6 is 0 Å². The molecule has 1 aliphatic rings. The Labute approximate surface area is 164 Å². The fourth-order valence-corrected chi connectivity index (χ4v) is 4.20. The molecule has 3 rings (SSSR count). The van der Waals surface area contributed by atoms with E-state index in [1.54, 1.807) is 36.4 Å². The van der Waals surface area contributed by atoms with Crippen LogP contribution in [0.4, 0.5) is 4.39 Å². The number of para-hydroxylation sites is 1. The van der Waals surface area contributed by atoms with Crippen LogP contribution in [0.25, 0.3) is 0 Å². The van der Waals surface area contributed by atoms with Crippen LogP contribution in [0, 0.1) is 5.82 Å². The maximum absolute atomic E-state index is 13.0. The van der Waals surface area contributed by atoms with Crippen LogP contribution in [0.15, 0.2) is 48.5 Å². The third kappa shape index (κ3) is 5.77. The van der Waals surface area contributed by atoms with Crippen molar-refractivity contribution in [3.8, 4) is 5.75 Å². The molecule has 1 fully saturated rings. The first kappa shape index (κ1) is 20.3. The Kier molecular flexibility index (Phi) is 6.64. The number of carbonyl (C=O) groups excluding carboxylic acids is 1. The van der Waals surface area contributed by atoms with Crippen molar-refractivity contribution < 1.29 is 22.3 Å². The Morgan fingerprint density at radius 2 is 1.75 bits per heavy atom. The van der Waals surface area contributed by atoms with Crippen molar-refractivity contribution in [1.82, 2.24) is 10.2 Å². The predicted octanol–water partition coefficient (Wildman–Crippen LogP) is 1.86. The number of nitrogens with zero attached hydrogens (tertiary/aromatic N) is 1. The van der Waals surface area contributed by atoms with Crippen LogP contribution in [0.1, 0.15) is 15.9 Å². The lowest BCUT2D eigenvalue weighted by atomic mass is 10.2. The van der Waals surface area contributed by atoms with Gasteiger partial charge in [0.2, 0.25) is 0 Å². The van der Waals surface area contributed by atoms with Crippen molar-refractivity contribution in [2.24, 2.45) is 0 Å². The minimum atomic E-state index is -2.90. The summed E-state index contributed by atoms with van der Waals surface area (Å²) in [7, 11) is -2.90. The number of hydrogen-bond donors (Lipinski definition) is 1. The molecule has 0 aromatic heterocycles. The molecular weight excluding hydrogens is 383 g/mol. The van der Waals surface area contributed by atoms with Gasteiger partial charge < -0.3 is 10.1 Å². The smallest absolute Gasteiger partial charge is 0.255 e. The van der Waals surface area contributed by atoms with Crippen molar-refractivity contribution >= 4 is 15.7 Å². The number of hydrogen-bond acceptors (Lipinski definition) is 5. The summed E-state index contributed by atoms with van der Waals surface area (Å²) in [6, 6.07) is 12.9. The number of carbonyl (C=O) groups is 1. The second kappa shape index (κ2) is 9.16. The van der Waals surface area contributed by atoms with Gasteiger partial charge >= 0.3 is 0 Å². The van der Waals surface area contributed by atoms with E-state index in [9.17, 15) is 17.6 Å². The highest BCUT2D eigenvalue weighted by Crippen LogP contribution is 2.19. The van der Waals surface area contributed by atoms with Gasteiger partial charge in [0.25, 0.3) is 5.91 Å². The number of amides is 1. The molecule has 1 aliphatic heterocycles. The molecular formula is C20H23FN2O4S. The predicted molar refractivity (Wildman–Crippen MR) is 105 cm³/mol. The van der Waals surface area contributed by atoms with Gasteiger partial charge in [-0.15, -0.1) is 0 Å². The summed E-state index contributed by atoms with van der Waals surface area (Å²) < 4.78 is 41.6. The van der Waals surface area contributed by atoms with E-state index in [0.29, 0.717) is 37.5 Å². The zero-order valence-corrected chi connectivity index (χ0v) is 16.3. The van der Waals surface area contributed by atoms with Crippen LogP contribution in [-0.4, -0.2) is 56.9 Å². The molecule has 1 amide bonds. The van der Waals surface area contributed by atoms with Crippen LogP contribution in [0.5, 0.6) is 5.75 Å². The van der Waals surface area contributed by atoms with Gasteiger partial charge in [0.15, 0.2) is 9.84 Å². The first-order valence-corrected chi connectivity index (χ1v) is 10.9. The first-order valence-electron chi connectivity index (χ1n) is 9.10. The van der Waals surface area contributed by atoms with Gasteiger partial charge in [0.1, 0.15) is 18.2 Å². The third-order valence-electron chi connectivity index (χ3n) is 4.59. The molecule has 0 spiro atoms. The van der Waals surface area contributed by atoms with Crippen LogP contribution in [-0.2, 0) is 16.4 Å². The summed E-state index contributed by atoms with van der Waals surface area (Å²) in [5, 5.41) is 2.85. The first-order chi connectivity index (χ1) is 13.4. The molecule has 1 heterocycles. The Hall–Kier alpha value is -2.45. The molecule has 150 valence electrons. The summed E-state index contributed by atoms with van der Waals surface area (Å²) in [6.07, 6.45) is 0. The summed E-state index contributed by atoms with van der Waals surface area (Å²) >= 11 is 0. The second-order valence-corrected chi connectivity index (χ2v) is 8.96. The standard InChI is InChI=1S/C20H23FN2O4S/c21-17-7-5-16(6-8-17)15-27-19-4-2-1-3-18(19)20(24)22-9-10-23-11-13-28(25,26)14-12-23/h1-8H,9-15H2,(H,22,24). The van der Waals surface area contributed by atoms with Gasteiger partial charge in [-0.05, 0) is 29.8 Å². The van der Waals surface area contributed by atoms with E-state index in [-0.39, 0.29) is 29.8 Å². The molecule has 0 bridgehead atoms. The van der Waals surface area contributed by atoms with E-state index in [1.165, 1.54) is 12.1 Å². The number of nitrogens with one attached hydrogen (secondary N) is 1. The topological polar surface area (TPSA) is 75.7 Å². The van der Waals surface area contributed by atoms with Crippen molar-refractivity contribution in [3.63, 3.8) is 0 Å². The zero-order valence-electron chi connectivity index (χ0n) is 15.4. The summed E-state index contributed by atoms with van der Waals surface area (Å²) in [4.78, 5) is 14.5. The highest BCUT2D eigenvalue weighted by atomic mass is 32.2. The minimum absolute atomic E-state index is 0.168. The quantitative estimate of drug-likeness (QED) is 0.760. The fraction of sp³-hybridized carbons (Fsp3) is 0.350. The van der Waals surface area contributed by atoms with Crippen molar-refractivity contribution in [2.75, 3.05) is 37.7 Å². The largest absolute Gasteiger partial charge is 0.488 e. The van der Waals surface area contributed by atoms with Gasteiger partial charge in [-0.3, -0.25) is 9.69 Å². The molecule has 28 heavy (non-hydrogen) atoms. The summed E-state index contributed by atoms with van der Waals surface area (Å²) in [5.74, 6) is 0.227. The van der Waals surface area contributed by atoms with Gasteiger partial charge in [0.05, 0.1) is 17.1 Å². The lowest BCUT2D eigenvalue weighted by Gasteiger charge is -2.26. The fourth-order valence-electron chi connectivity index (χ4n) is 2.92. The SMILES string of the molecule is O=C(NCCN1CCS(=O)(=O)CC1)c1ccccc1OCc1ccc(F)cc1. The van der Waals surface area contributed by atoms with Crippen LogP contribution < -0.4 is 10.1 Å². The number of ether oxygens (including phenoxy) is 1. The second-order valence-electron chi connectivity index (χ2n) is 6.66. The molecule has 1 saturated heterocycles. The molecule has 0 radical (unpaired) electrons. The molecule has 2 aromatic carbocycles. The molecule has 2 aromatic rings. The lowest BCUT2D eigenvalue weighted by molar-refractivity contribution is 0.0944. The maximum atomic E-state index is 13.0. The Morgan fingerprint density at radius 1 is 1.07 bits per heavy atom. The maximum Gasteiger partial charge on any atom is 0.255 e. The Morgan fingerprint density at radius 3 is 2.46 bits per heavy atom. The van der Waals surface area contributed by atoms with Crippen LogP contribution in [0.3, 0.4) is 0 Å². The van der Waals surface area contributed by atoms with Crippen molar-refractivity contribution in [2.45, 2.75) is 6.61 Å². The third-order valence-corrected chi connectivity index (χ3v) is 6.20. The van der Waals surface area contributed by atoms with Gasteiger partial charge in [-0.2, -0.15) is 0 Å². The highest BCUT2D eigenvalue weighted by molar-refractivity contribution is 7.91. The molecule has 0 saturated carbocycles. The highest BCUT2D eigenvalue weighted by Gasteiger charge is 2.21. The normalized spacial score (nSPS) is 16.5. The Bertz CT molecular complexity index is 902. The number of rotatable bonds is 7. The van der Waals surface area contributed by atoms with E-state index in [2.05, 4.69) is 5.32 Å². The van der Waals surface area contributed by atoms with Gasteiger partial charge in [-0.25, -0.2) is 12.8 Å². The number of sulfone groups is 1. The van der Waals surface area contributed by atoms with Gasteiger partial charge in [-0.1, -0.05) is 24.3 Å². The molecule has 8 heteroatoms. The summed E-state index contributed by atoms with van der Waals surface area (Å²) in [6.45, 7) is 2.24. The van der Waals surface area contributed by atoms with E-state index < -0.39 is 9.84 Å². The van der Waals surface area contributed by atoms with Crippen molar-refractivity contribution in [1.29, 1.82) is 0 Å². The van der Waals surface area contributed by atoms with E-state index in [1.807, 2.05) is 4.90 Å². The van der Waals surface area contributed by atoms with Crippen molar-refractivity contribution in [3.05, 3.63) is 65.5 Å². The molecule has 0 aliphatic carbocycles. The van der Waals surface area contributed by atoms with E-state index in [0.717, 1.165) is 5.56 Å². The number of benzene rings is 2. The average molecular weight is 406 g/mol. The zero-order chi connectivity index (χ0) is 20.0. The lowest BCUT2D eigenvalue weighted by Crippen LogP contribution is -2.43. The summed E-state index contributed by atoms with van der Waals surface area (Å²) in [5.41, 5.74) is 1.22. The van der Waals surface area contributed by atoms with Crippen LogP contribution in [0.2, 0.25) is 0 Å². The average Bonchev–Trinajstić information content (AvgIpc) is 2.69. The van der Waals surface area contributed by atoms with E-state index >= 15 is 0 Å². The molecule has 1 N–H and O–H groups in total. The Balaban J connectivity index is 1.51. The van der Waals surface area contributed by atoms with Gasteiger partial charge in [0, 0.05) is 26.2 Å². The van der Waals surface area contributed by atoms with E-state index in [4.69, 9.17) is 4.74 Å². The molecule has 6 nitrogen and oxygen atoms in total. The minimum Gasteiger partial charge on any atom is -0.488 e. The number of halogens is 1.